The highest BCUT2D eigenvalue weighted by Gasteiger charge is 2.30. The number of allylic oxidation sites excluding steroid dienone is 3. The van der Waals surface area contributed by atoms with Gasteiger partial charge in [0, 0.05) is 0 Å². The lowest BCUT2D eigenvalue weighted by molar-refractivity contribution is -0.303. The van der Waals surface area contributed by atoms with Gasteiger partial charge in [-0.3, -0.25) is 0 Å². The number of halogens is 3. The van der Waals surface area contributed by atoms with Crippen molar-refractivity contribution < 1.29 is 17.9 Å². The van der Waals surface area contributed by atoms with Crippen LogP contribution in [0.25, 0.3) is 5.57 Å². The Labute approximate surface area is 141 Å². The van der Waals surface area contributed by atoms with Crippen LogP contribution < -0.4 is 0 Å². The van der Waals surface area contributed by atoms with E-state index in [0.29, 0.717) is 11.5 Å². The first-order chi connectivity index (χ1) is 11.2. The predicted octanol–water partition coefficient (Wildman–Crippen LogP) is 6.60. The normalized spacial score (nSPS) is 21.7. The summed E-state index contributed by atoms with van der Waals surface area (Å²) < 4.78 is 39.9. The summed E-state index contributed by atoms with van der Waals surface area (Å²) in [6.07, 6.45) is 2.90. The van der Waals surface area contributed by atoms with Gasteiger partial charge in [0.05, 0.1) is 0 Å². The minimum atomic E-state index is -4.72. The fourth-order valence-electron chi connectivity index (χ4n) is 3.04. The number of alkyl halides is 3. The highest BCUT2D eigenvalue weighted by molar-refractivity contribution is 5.72. The molecule has 0 unspecified atom stereocenters. The molecule has 0 atom stereocenters. The smallest absolute Gasteiger partial charge is 0.406 e. The summed E-state index contributed by atoms with van der Waals surface area (Å²) in [4.78, 5) is 0. The summed E-state index contributed by atoms with van der Waals surface area (Å²) in [6, 6.07) is 8.12. The van der Waals surface area contributed by atoms with Crippen molar-refractivity contribution in [1.29, 1.82) is 0 Å². The molecule has 0 saturated heterocycles. The summed E-state index contributed by atoms with van der Waals surface area (Å²) in [5, 5.41) is 0. The van der Waals surface area contributed by atoms with Crippen LogP contribution in [0.3, 0.4) is 0 Å². The molecular formula is C20H23F3O. The first-order valence-electron chi connectivity index (χ1n) is 8.16. The predicted molar refractivity (Wildman–Crippen MR) is 91.3 cm³/mol. The summed E-state index contributed by atoms with van der Waals surface area (Å²) >= 11 is 0. The Morgan fingerprint density at radius 2 is 1.62 bits per heavy atom. The van der Waals surface area contributed by atoms with Crippen molar-refractivity contribution in [2.75, 3.05) is 0 Å². The average molecular weight is 336 g/mol. The Balaban J connectivity index is 1.95. The van der Waals surface area contributed by atoms with E-state index in [1.165, 1.54) is 43.4 Å². The number of benzene rings is 1. The molecule has 1 aromatic carbocycles. The van der Waals surface area contributed by atoms with E-state index in [2.05, 4.69) is 37.0 Å². The average Bonchev–Trinajstić information content (AvgIpc) is 2.52. The second-order valence-electron chi connectivity index (χ2n) is 6.45. The van der Waals surface area contributed by atoms with Crippen LogP contribution in [-0.4, -0.2) is 6.36 Å². The van der Waals surface area contributed by atoms with Gasteiger partial charge in [-0.2, -0.15) is 0 Å². The van der Waals surface area contributed by atoms with Crippen LogP contribution in [0, 0.1) is 5.92 Å². The van der Waals surface area contributed by atoms with Gasteiger partial charge in [0.2, 0.25) is 0 Å². The maximum atomic E-state index is 12.1. The zero-order valence-electron chi connectivity index (χ0n) is 13.9. The van der Waals surface area contributed by atoms with Crippen molar-refractivity contribution >= 4 is 5.57 Å². The van der Waals surface area contributed by atoms with Crippen LogP contribution in [0.1, 0.15) is 49.7 Å². The lowest BCUT2D eigenvalue weighted by atomic mass is 9.79. The van der Waals surface area contributed by atoms with E-state index >= 15 is 0 Å². The Morgan fingerprint density at radius 1 is 1.04 bits per heavy atom. The first kappa shape index (κ1) is 18.4. The van der Waals surface area contributed by atoms with E-state index in [0.717, 1.165) is 11.5 Å². The van der Waals surface area contributed by atoms with Gasteiger partial charge in [0.1, 0.15) is 5.76 Å². The largest absolute Gasteiger partial charge is 0.573 e. The fourth-order valence-corrected chi connectivity index (χ4v) is 3.04. The van der Waals surface area contributed by atoms with Crippen LogP contribution in [0.4, 0.5) is 13.2 Å². The van der Waals surface area contributed by atoms with E-state index in [1.807, 2.05) is 12.1 Å². The van der Waals surface area contributed by atoms with Crippen molar-refractivity contribution in [2.24, 2.45) is 5.92 Å². The third-order valence-corrected chi connectivity index (χ3v) is 4.49. The third-order valence-electron chi connectivity index (χ3n) is 4.49. The summed E-state index contributed by atoms with van der Waals surface area (Å²) in [7, 11) is 0. The molecule has 1 nitrogen and oxygen atoms in total. The summed E-state index contributed by atoms with van der Waals surface area (Å²) in [5.41, 5.74) is 2.82. The molecule has 0 heterocycles. The van der Waals surface area contributed by atoms with Crippen LogP contribution in [0.2, 0.25) is 0 Å². The molecular weight excluding hydrogens is 313 g/mol. The van der Waals surface area contributed by atoms with Gasteiger partial charge in [-0.1, -0.05) is 63.3 Å². The third kappa shape index (κ3) is 5.59. The number of rotatable bonds is 5. The number of ether oxygens (including phenoxy) is 1. The maximum absolute atomic E-state index is 12.1. The van der Waals surface area contributed by atoms with Crippen LogP contribution >= 0.6 is 0 Å². The highest BCUT2D eigenvalue weighted by atomic mass is 19.4. The number of hydrogen-bond acceptors (Lipinski definition) is 1. The lowest BCUT2D eigenvalue weighted by Gasteiger charge is -2.26. The summed E-state index contributed by atoms with van der Waals surface area (Å²) in [5.74, 6) is 0.966. The molecule has 2 rings (SSSR count). The first-order valence-corrected chi connectivity index (χ1v) is 8.16. The van der Waals surface area contributed by atoms with Gasteiger partial charge in [-0.15, -0.1) is 13.2 Å². The highest BCUT2D eigenvalue weighted by Crippen LogP contribution is 2.35. The van der Waals surface area contributed by atoms with Crippen molar-refractivity contribution in [2.45, 2.75) is 44.9 Å². The van der Waals surface area contributed by atoms with Crippen LogP contribution in [0.5, 0.6) is 0 Å². The molecule has 0 aromatic heterocycles. The fraction of sp³-hybridized carbons (Fsp3) is 0.400. The van der Waals surface area contributed by atoms with Crippen LogP contribution in [0.15, 0.2) is 55.3 Å². The van der Waals surface area contributed by atoms with Gasteiger partial charge in [0.25, 0.3) is 0 Å². The molecule has 4 heteroatoms. The minimum absolute atomic E-state index is 0.461. The molecule has 0 radical (unpaired) electrons. The molecule has 0 spiro atoms. The van der Waals surface area contributed by atoms with Crippen molar-refractivity contribution in [3.8, 4) is 0 Å². The Morgan fingerprint density at radius 3 is 2.17 bits per heavy atom. The van der Waals surface area contributed by atoms with Gasteiger partial charge in [0.15, 0.2) is 0 Å². The molecule has 24 heavy (non-hydrogen) atoms. The topological polar surface area (TPSA) is 9.23 Å². The van der Waals surface area contributed by atoms with Gasteiger partial charge in [-0.05, 0) is 47.5 Å². The van der Waals surface area contributed by atoms with Crippen molar-refractivity contribution in [3.05, 3.63) is 66.5 Å². The molecule has 1 aliphatic carbocycles. The van der Waals surface area contributed by atoms with Crippen LogP contribution in [-0.2, 0) is 4.74 Å². The van der Waals surface area contributed by atoms with E-state index in [-0.39, 0.29) is 0 Å². The van der Waals surface area contributed by atoms with Gasteiger partial charge < -0.3 is 4.74 Å². The Bertz CT molecular complexity index is 603. The number of hydrogen-bond donors (Lipinski definition) is 0. The molecule has 0 aliphatic heterocycles. The molecule has 130 valence electrons. The summed E-state index contributed by atoms with van der Waals surface area (Å²) in [6.45, 7) is 9.40. The molecule has 1 aliphatic rings. The molecule has 0 bridgehead atoms. The zero-order chi connectivity index (χ0) is 17.7. The van der Waals surface area contributed by atoms with Gasteiger partial charge in [-0.25, -0.2) is 0 Å². The molecule has 1 saturated carbocycles. The van der Waals surface area contributed by atoms with Crippen molar-refractivity contribution in [3.63, 3.8) is 0 Å². The standard InChI is InChI=1S/C20H23F3O/c1-14-4-8-18(9-5-14)19-12-10-17(11-13-19)15(2)6-7-16(3)24-20(21,22)23/h6-7,10-14,18H,2-5,8-9H2,1H3/b7-6-. The quantitative estimate of drug-likeness (QED) is 0.435. The second kappa shape index (κ2) is 7.73. The molecule has 1 fully saturated rings. The Kier molecular flexibility index (Phi) is 5.92. The molecule has 0 N–H and O–H groups in total. The second-order valence-corrected chi connectivity index (χ2v) is 6.45. The Hall–Kier alpha value is -1.97. The molecule has 0 amide bonds. The molecule has 1 aromatic rings. The van der Waals surface area contributed by atoms with E-state index in [9.17, 15) is 13.2 Å². The minimum Gasteiger partial charge on any atom is -0.406 e. The SMILES string of the molecule is C=C(/C=C\C(=C)c1ccc(C2CCC(C)CC2)cc1)OC(F)(F)F. The maximum Gasteiger partial charge on any atom is 0.573 e. The van der Waals surface area contributed by atoms with Crippen molar-refractivity contribution in [1.82, 2.24) is 0 Å². The van der Waals surface area contributed by atoms with E-state index in [1.54, 1.807) is 0 Å². The zero-order valence-corrected chi connectivity index (χ0v) is 13.9. The lowest BCUT2D eigenvalue weighted by Crippen LogP contribution is -2.11. The van der Waals surface area contributed by atoms with Gasteiger partial charge >= 0.3 is 6.36 Å². The van der Waals surface area contributed by atoms with E-state index in [4.69, 9.17) is 0 Å². The van der Waals surface area contributed by atoms with E-state index < -0.39 is 12.1 Å². The monoisotopic (exact) mass is 336 g/mol.